The average Bonchev–Trinajstić information content (AvgIpc) is 2.96. The first-order valence-corrected chi connectivity index (χ1v) is 9.04. The van der Waals surface area contributed by atoms with E-state index in [0.717, 1.165) is 0 Å². The average molecular weight is 410 g/mol. The molecule has 0 amide bonds. The molecule has 4 atom stereocenters. The van der Waals surface area contributed by atoms with Crippen molar-refractivity contribution in [3.63, 3.8) is 0 Å². The van der Waals surface area contributed by atoms with Crippen molar-refractivity contribution in [2.45, 2.75) is 52.2 Å². The number of carbonyl (C=O) groups excluding carboxylic acids is 4. The summed E-state index contributed by atoms with van der Waals surface area (Å²) >= 11 is 0. The largest absolute Gasteiger partial charge is 0.463 e. The standard InChI is InChI=1S/C19H24NO9/c1-5-25-19(24)14-7-6-8-20(9-14)18-17(28-13(4)23)16(27-12(3)22)15(29-18)10-26-11(2)21/h6-9,15-18H,5,10H2,1-4H3/q+1/t15-,16?,17?,18-/m1/s1. The van der Waals surface area contributed by atoms with E-state index >= 15 is 0 Å². The van der Waals surface area contributed by atoms with Gasteiger partial charge in [-0.1, -0.05) is 0 Å². The molecule has 1 aromatic heterocycles. The third-order valence-corrected chi connectivity index (χ3v) is 3.97. The highest BCUT2D eigenvalue weighted by molar-refractivity contribution is 5.88. The maximum atomic E-state index is 12.0. The Bertz CT molecular complexity index is 779. The predicted molar refractivity (Wildman–Crippen MR) is 94.2 cm³/mol. The van der Waals surface area contributed by atoms with E-state index in [4.69, 9.17) is 23.7 Å². The molecule has 1 aliphatic heterocycles. The maximum Gasteiger partial charge on any atom is 0.344 e. The Morgan fingerprint density at radius 2 is 1.66 bits per heavy atom. The minimum Gasteiger partial charge on any atom is -0.463 e. The molecule has 2 unspecified atom stereocenters. The molecule has 0 aromatic carbocycles. The van der Waals surface area contributed by atoms with Crippen LogP contribution in [0.4, 0.5) is 0 Å². The molecule has 158 valence electrons. The lowest BCUT2D eigenvalue weighted by Gasteiger charge is -2.21. The number of ether oxygens (including phenoxy) is 5. The van der Waals surface area contributed by atoms with Gasteiger partial charge in [-0.3, -0.25) is 14.4 Å². The summed E-state index contributed by atoms with van der Waals surface area (Å²) in [5.41, 5.74) is 0.256. The van der Waals surface area contributed by atoms with Crippen molar-refractivity contribution in [1.29, 1.82) is 0 Å². The highest BCUT2D eigenvalue weighted by Gasteiger charge is 2.54. The van der Waals surface area contributed by atoms with Crippen LogP contribution < -0.4 is 4.57 Å². The van der Waals surface area contributed by atoms with Crippen molar-refractivity contribution in [2.75, 3.05) is 13.2 Å². The van der Waals surface area contributed by atoms with Gasteiger partial charge in [-0.15, -0.1) is 0 Å². The summed E-state index contributed by atoms with van der Waals surface area (Å²) < 4.78 is 28.0. The molecule has 10 nitrogen and oxygen atoms in total. The molecule has 0 N–H and O–H groups in total. The second-order valence-electron chi connectivity index (χ2n) is 6.28. The molecule has 1 aromatic rings. The van der Waals surface area contributed by atoms with Crippen molar-refractivity contribution in [2.24, 2.45) is 0 Å². The monoisotopic (exact) mass is 410 g/mol. The van der Waals surface area contributed by atoms with Crippen molar-refractivity contribution in [3.8, 4) is 0 Å². The number of esters is 4. The number of nitrogens with zero attached hydrogens (tertiary/aromatic N) is 1. The fraction of sp³-hybridized carbons (Fsp3) is 0.526. The van der Waals surface area contributed by atoms with Gasteiger partial charge < -0.3 is 23.7 Å². The van der Waals surface area contributed by atoms with E-state index in [9.17, 15) is 19.2 Å². The van der Waals surface area contributed by atoms with E-state index < -0.39 is 48.4 Å². The van der Waals surface area contributed by atoms with Gasteiger partial charge in [-0.05, 0) is 13.0 Å². The van der Waals surface area contributed by atoms with Crippen LogP contribution in [0.15, 0.2) is 24.5 Å². The molecular weight excluding hydrogens is 386 g/mol. The summed E-state index contributed by atoms with van der Waals surface area (Å²) in [7, 11) is 0. The van der Waals surface area contributed by atoms with Gasteiger partial charge >= 0.3 is 30.1 Å². The van der Waals surface area contributed by atoms with Gasteiger partial charge in [0.25, 0.3) is 0 Å². The third kappa shape index (κ3) is 5.98. The van der Waals surface area contributed by atoms with E-state index in [1.165, 1.54) is 31.5 Å². The molecule has 2 heterocycles. The van der Waals surface area contributed by atoms with Crippen LogP contribution in [0.2, 0.25) is 0 Å². The summed E-state index contributed by atoms with van der Waals surface area (Å²) in [5, 5.41) is 0. The molecule has 0 spiro atoms. The van der Waals surface area contributed by atoms with E-state index in [1.807, 2.05) is 0 Å². The molecule has 0 aliphatic carbocycles. The van der Waals surface area contributed by atoms with Crippen molar-refractivity contribution >= 4 is 23.9 Å². The first-order chi connectivity index (χ1) is 13.7. The van der Waals surface area contributed by atoms with Crippen molar-refractivity contribution in [1.82, 2.24) is 0 Å². The predicted octanol–water partition coefficient (Wildman–Crippen LogP) is 0.475. The molecule has 2 rings (SSSR count). The summed E-state index contributed by atoms with van der Waals surface area (Å²) in [6.45, 7) is 5.34. The molecule has 1 aliphatic rings. The lowest BCUT2D eigenvalue weighted by molar-refractivity contribution is -0.765. The first kappa shape index (κ1) is 22.3. The Balaban J connectivity index is 2.37. The smallest absolute Gasteiger partial charge is 0.344 e. The number of hydrogen-bond acceptors (Lipinski definition) is 9. The van der Waals surface area contributed by atoms with Gasteiger partial charge in [0.15, 0.2) is 18.5 Å². The molecule has 0 bridgehead atoms. The van der Waals surface area contributed by atoms with Crippen LogP contribution in [0.25, 0.3) is 0 Å². The zero-order chi connectivity index (χ0) is 21.6. The number of pyridine rings is 1. The summed E-state index contributed by atoms with van der Waals surface area (Å²) in [5.74, 6) is -2.30. The Kier molecular flexibility index (Phi) is 7.66. The lowest BCUT2D eigenvalue weighted by atomic mass is 10.1. The van der Waals surface area contributed by atoms with Crippen LogP contribution in [0.3, 0.4) is 0 Å². The highest BCUT2D eigenvalue weighted by atomic mass is 16.7. The van der Waals surface area contributed by atoms with E-state index in [1.54, 1.807) is 25.3 Å². The van der Waals surface area contributed by atoms with Gasteiger partial charge in [0.05, 0.1) is 6.61 Å². The number of carbonyl (C=O) groups is 4. The third-order valence-electron chi connectivity index (χ3n) is 3.97. The quantitative estimate of drug-likeness (QED) is 0.359. The SMILES string of the molecule is CCOC(=O)c1ccc[n+]([C@@H]2O[C@H](COC(C)=O)C(OC(C)=O)C2OC(C)=O)c1. The van der Waals surface area contributed by atoms with Gasteiger partial charge in [-0.25, -0.2) is 4.79 Å². The van der Waals surface area contributed by atoms with E-state index in [2.05, 4.69) is 0 Å². The normalized spacial score (nSPS) is 23.2. The Hall–Kier alpha value is -3.01. The lowest BCUT2D eigenvalue weighted by Crippen LogP contribution is -2.48. The second kappa shape index (κ2) is 9.97. The number of aromatic nitrogens is 1. The van der Waals surface area contributed by atoms with Crippen LogP contribution in [-0.2, 0) is 38.1 Å². The molecule has 1 saturated heterocycles. The highest BCUT2D eigenvalue weighted by Crippen LogP contribution is 2.31. The van der Waals surface area contributed by atoms with E-state index in [-0.39, 0.29) is 18.8 Å². The fourth-order valence-electron chi connectivity index (χ4n) is 2.92. The first-order valence-electron chi connectivity index (χ1n) is 9.04. The van der Waals surface area contributed by atoms with Gasteiger partial charge in [-0.2, -0.15) is 4.57 Å². The summed E-state index contributed by atoms with van der Waals surface area (Å²) in [4.78, 5) is 46.5. The fourth-order valence-corrected chi connectivity index (χ4v) is 2.92. The minimum absolute atomic E-state index is 0.209. The molecule has 10 heteroatoms. The van der Waals surface area contributed by atoms with Crippen LogP contribution in [0, 0.1) is 0 Å². The second-order valence-corrected chi connectivity index (χ2v) is 6.28. The van der Waals surface area contributed by atoms with E-state index in [0.29, 0.717) is 0 Å². The Morgan fingerprint density at radius 1 is 1.00 bits per heavy atom. The topological polar surface area (TPSA) is 118 Å². The zero-order valence-electron chi connectivity index (χ0n) is 16.7. The maximum absolute atomic E-state index is 12.0. The molecule has 1 fully saturated rings. The Morgan fingerprint density at radius 3 is 2.24 bits per heavy atom. The summed E-state index contributed by atoms with van der Waals surface area (Å²) in [6.07, 6.45) is -0.783. The summed E-state index contributed by atoms with van der Waals surface area (Å²) in [6, 6.07) is 3.16. The molecule has 0 radical (unpaired) electrons. The van der Waals surface area contributed by atoms with Gasteiger partial charge in [0.2, 0.25) is 6.10 Å². The van der Waals surface area contributed by atoms with Crippen molar-refractivity contribution in [3.05, 3.63) is 30.1 Å². The van der Waals surface area contributed by atoms with Crippen LogP contribution >= 0.6 is 0 Å². The molecule has 29 heavy (non-hydrogen) atoms. The van der Waals surface area contributed by atoms with Gasteiger partial charge in [0, 0.05) is 26.8 Å². The molecular formula is C19H24NO9+. The number of rotatable bonds is 7. The zero-order valence-corrected chi connectivity index (χ0v) is 16.7. The molecule has 0 saturated carbocycles. The van der Waals surface area contributed by atoms with Crippen LogP contribution in [-0.4, -0.2) is 55.4 Å². The number of hydrogen-bond donors (Lipinski definition) is 0. The minimum atomic E-state index is -1.03. The Labute approximate surface area is 167 Å². The van der Waals surface area contributed by atoms with Crippen LogP contribution in [0.5, 0.6) is 0 Å². The van der Waals surface area contributed by atoms with Gasteiger partial charge in [0.1, 0.15) is 18.3 Å². The van der Waals surface area contributed by atoms with Crippen LogP contribution in [0.1, 0.15) is 44.3 Å². The van der Waals surface area contributed by atoms with Crippen molar-refractivity contribution < 1.29 is 47.4 Å².